The van der Waals surface area contributed by atoms with Crippen molar-refractivity contribution in [2.24, 2.45) is 0 Å². The SMILES string of the molecule is Cc1ccc(O)c(C=C2NC(=S)N(c3ccccc3F)C2=O)n1. The predicted octanol–water partition coefficient (Wildman–Crippen LogP) is 2.50. The molecule has 7 heteroatoms. The molecule has 1 aromatic heterocycles. The fraction of sp³-hybridized carbons (Fsp3) is 0.0625. The zero-order valence-corrected chi connectivity index (χ0v) is 12.9. The van der Waals surface area contributed by atoms with Gasteiger partial charge < -0.3 is 10.4 Å². The third-order valence-corrected chi connectivity index (χ3v) is 3.58. The molecule has 0 radical (unpaired) electrons. The Bertz CT molecular complexity index is 851. The molecule has 116 valence electrons. The summed E-state index contributed by atoms with van der Waals surface area (Å²) in [7, 11) is 0. The molecule has 23 heavy (non-hydrogen) atoms. The third kappa shape index (κ3) is 2.78. The Balaban J connectivity index is 2.00. The first-order valence-electron chi connectivity index (χ1n) is 6.75. The number of hydrogen-bond acceptors (Lipinski definition) is 4. The van der Waals surface area contributed by atoms with Crippen molar-refractivity contribution in [3.63, 3.8) is 0 Å². The molecule has 3 rings (SSSR count). The van der Waals surface area contributed by atoms with Gasteiger partial charge in [0.2, 0.25) is 0 Å². The second-order valence-corrected chi connectivity index (χ2v) is 5.32. The molecule has 2 N–H and O–H groups in total. The molecule has 1 saturated heterocycles. The quantitative estimate of drug-likeness (QED) is 0.655. The Morgan fingerprint density at radius 2 is 2.04 bits per heavy atom. The fourth-order valence-electron chi connectivity index (χ4n) is 2.20. The number of pyridine rings is 1. The van der Waals surface area contributed by atoms with Gasteiger partial charge >= 0.3 is 0 Å². The van der Waals surface area contributed by atoms with Gasteiger partial charge in [-0.1, -0.05) is 12.1 Å². The van der Waals surface area contributed by atoms with E-state index in [4.69, 9.17) is 12.2 Å². The summed E-state index contributed by atoms with van der Waals surface area (Å²) in [5, 5.41) is 12.6. The van der Waals surface area contributed by atoms with E-state index in [-0.39, 0.29) is 27.9 Å². The van der Waals surface area contributed by atoms with E-state index in [0.29, 0.717) is 5.69 Å². The van der Waals surface area contributed by atoms with Crippen LogP contribution in [0.5, 0.6) is 5.75 Å². The number of nitrogens with one attached hydrogen (secondary N) is 1. The molecule has 1 aromatic carbocycles. The minimum Gasteiger partial charge on any atom is -0.506 e. The average Bonchev–Trinajstić information content (AvgIpc) is 2.78. The second-order valence-electron chi connectivity index (χ2n) is 4.94. The number of para-hydroxylation sites is 1. The van der Waals surface area contributed by atoms with Crippen LogP contribution in [-0.4, -0.2) is 21.1 Å². The predicted molar refractivity (Wildman–Crippen MR) is 88.2 cm³/mol. The van der Waals surface area contributed by atoms with Crippen molar-refractivity contribution in [2.75, 3.05) is 4.90 Å². The number of aromatic nitrogens is 1. The molecular formula is C16H12FN3O2S. The van der Waals surface area contributed by atoms with E-state index in [1.54, 1.807) is 19.1 Å². The number of carbonyl (C=O) groups is 1. The van der Waals surface area contributed by atoms with E-state index >= 15 is 0 Å². The largest absolute Gasteiger partial charge is 0.506 e. The van der Waals surface area contributed by atoms with Crippen LogP contribution in [0.1, 0.15) is 11.4 Å². The number of benzene rings is 1. The van der Waals surface area contributed by atoms with Crippen LogP contribution in [-0.2, 0) is 4.79 Å². The van der Waals surface area contributed by atoms with Gasteiger partial charge in [0.15, 0.2) is 5.11 Å². The maximum atomic E-state index is 13.9. The average molecular weight is 329 g/mol. The zero-order valence-electron chi connectivity index (χ0n) is 12.1. The lowest BCUT2D eigenvalue weighted by Gasteiger charge is -2.14. The number of carbonyl (C=O) groups excluding carboxylic acids is 1. The lowest BCUT2D eigenvalue weighted by Crippen LogP contribution is -2.31. The second kappa shape index (κ2) is 5.77. The van der Waals surface area contributed by atoms with Gasteiger partial charge in [-0.05, 0) is 49.5 Å². The molecule has 1 aliphatic rings. The summed E-state index contributed by atoms with van der Waals surface area (Å²) < 4.78 is 13.9. The molecule has 2 aromatic rings. The number of anilines is 1. The van der Waals surface area contributed by atoms with Crippen LogP contribution in [0.15, 0.2) is 42.1 Å². The minimum atomic E-state index is -0.553. The summed E-state index contributed by atoms with van der Waals surface area (Å²) in [5.74, 6) is -1.13. The first kappa shape index (κ1) is 15.1. The highest BCUT2D eigenvalue weighted by Crippen LogP contribution is 2.26. The number of aromatic hydroxyl groups is 1. The normalized spacial score (nSPS) is 16.1. The Hall–Kier alpha value is -2.80. The van der Waals surface area contributed by atoms with E-state index in [2.05, 4.69) is 10.3 Å². The van der Waals surface area contributed by atoms with E-state index < -0.39 is 11.7 Å². The molecule has 1 aliphatic heterocycles. The highest BCUT2D eigenvalue weighted by atomic mass is 32.1. The molecule has 0 bridgehead atoms. The van der Waals surface area contributed by atoms with Crippen LogP contribution in [0.3, 0.4) is 0 Å². The summed E-state index contributed by atoms with van der Waals surface area (Å²) in [6.45, 7) is 1.77. The highest BCUT2D eigenvalue weighted by molar-refractivity contribution is 7.80. The third-order valence-electron chi connectivity index (χ3n) is 3.29. The maximum absolute atomic E-state index is 13.9. The van der Waals surface area contributed by atoms with E-state index in [1.165, 1.54) is 30.3 Å². The van der Waals surface area contributed by atoms with Gasteiger partial charge in [-0.25, -0.2) is 14.3 Å². The fourth-order valence-corrected chi connectivity index (χ4v) is 2.49. The summed E-state index contributed by atoms with van der Waals surface area (Å²) in [6, 6.07) is 9.00. The van der Waals surface area contributed by atoms with Crippen LogP contribution in [0.25, 0.3) is 6.08 Å². The van der Waals surface area contributed by atoms with Crippen molar-refractivity contribution in [1.29, 1.82) is 0 Å². The number of amides is 1. The van der Waals surface area contributed by atoms with Crippen LogP contribution < -0.4 is 10.2 Å². The molecular weight excluding hydrogens is 317 g/mol. The number of aryl methyl sites for hydroxylation is 1. The number of halogens is 1. The maximum Gasteiger partial charge on any atom is 0.281 e. The molecule has 0 unspecified atom stereocenters. The van der Waals surface area contributed by atoms with Crippen molar-refractivity contribution in [2.45, 2.75) is 6.92 Å². The molecule has 0 aliphatic carbocycles. The van der Waals surface area contributed by atoms with Crippen molar-refractivity contribution in [3.05, 3.63) is 59.3 Å². The first-order chi connectivity index (χ1) is 11.0. The topological polar surface area (TPSA) is 65.5 Å². The van der Waals surface area contributed by atoms with Gasteiger partial charge in [0.05, 0.1) is 5.69 Å². The standard InChI is InChI=1S/C16H12FN3O2S/c1-9-6-7-14(21)11(18-9)8-12-15(22)20(16(23)19-12)13-5-3-2-4-10(13)17/h2-8,21H,1H3,(H,19,23). The van der Waals surface area contributed by atoms with Gasteiger partial charge in [0.25, 0.3) is 5.91 Å². The number of hydrogen-bond donors (Lipinski definition) is 2. The molecule has 2 heterocycles. The Morgan fingerprint density at radius 3 is 2.78 bits per heavy atom. The van der Waals surface area contributed by atoms with Crippen LogP contribution in [0, 0.1) is 12.7 Å². The molecule has 0 atom stereocenters. The first-order valence-corrected chi connectivity index (χ1v) is 7.16. The van der Waals surface area contributed by atoms with Gasteiger partial charge in [0, 0.05) is 5.69 Å². The molecule has 5 nitrogen and oxygen atoms in total. The van der Waals surface area contributed by atoms with E-state index in [1.807, 2.05) is 0 Å². The van der Waals surface area contributed by atoms with Gasteiger partial charge in [-0.2, -0.15) is 0 Å². The lowest BCUT2D eigenvalue weighted by atomic mass is 10.2. The summed E-state index contributed by atoms with van der Waals surface area (Å²) >= 11 is 5.11. The van der Waals surface area contributed by atoms with Crippen molar-refractivity contribution < 1.29 is 14.3 Å². The van der Waals surface area contributed by atoms with Crippen molar-refractivity contribution >= 4 is 35.0 Å². The molecule has 1 fully saturated rings. The van der Waals surface area contributed by atoms with Gasteiger partial charge in [-0.3, -0.25) is 4.79 Å². The summed E-state index contributed by atoms with van der Waals surface area (Å²) in [4.78, 5) is 17.7. The van der Waals surface area contributed by atoms with Crippen LogP contribution >= 0.6 is 12.2 Å². The Kier molecular flexibility index (Phi) is 3.79. The molecule has 1 amide bonds. The molecule has 0 saturated carbocycles. The zero-order chi connectivity index (χ0) is 16.6. The van der Waals surface area contributed by atoms with Crippen LogP contribution in [0.2, 0.25) is 0 Å². The summed E-state index contributed by atoms with van der Waals surface area (Å²) in [6.07, 6.45) is 1.39. The number of nitrogens with zero attached hydrogens (tertiary/aromatic N) is 2. The molecule has 0 spiro atoms. The lowest BCUT2D eigenvalue weighted by molar-refractivity contribution is -0.113. The Labute approximate surface area is 137 Å². The van der Waals surface area contributed by atoms with E-state index in [9.17, 15) is 14.3 Å². The summed E-state index contributed by atoms with van der Waals surface area (Å²) in [5.41, 5.74) is 1.11. The van der Waals surface area contributed by atoms with Gasteiger partial charge in [0.1, 0.15) is 23.0 Å². The van der Waals surface area contributed by atoms with Crippen molar-refractivity contribution in [1.82, 2.24) is 10.3 Å². The monoisotopic (exact) mass is 329 g/mol. The van der Waals surface area contributed by atoms with E-state index in [0.717, 1.165) is 4.90 Å². The minimum absolute atomic E-state index is 0.0621. The number of thiocarbonyl (C=S) groups is 1. The van der Waals surface area contributed by atoms with Crippen LogP contribution in [0.4, 0.5) is 10.1 Å². The van der Waals surface area contributed by atoms with Crippen molar-refractivity contribution in [3.8, 4) is 5.75 Å². The highest BCUT2D eigenvalue weighted by Gasteiger charge is 2.33. The van der Waals surface area contributed by atoms with Gasteiger partial charge in [-0.15, -0.1) is 0 Å². The Morgan fingerprint density at radius 1 is 1.30 bits per heavy atom. The number of rotatable bonds is 2. The smallest absolute Gasteiger partial charge is 0.281 e.